The standard InChI is InChI=1S/C17H15F3N4O4/c1-16(2)5-11(25)24(15(16)26)13-12(17(18,19)20)14(23-8-22-13)28-10-4-9(27-3)6-21-7-10/h4,6-8H,5H2,1-3H3. The molecule has 0 radical (unpaired) electrons. The van der Waals surface area contributed by atoms with Gasteiger partial charge in [-0.15, -0.1) is 0 Å². The van der Waals surface area contributed by atoms with Crippen LogP contribution in [-0.2, 0) is 15.8 Å². The molecule has 0 aromatic carbocycles. The number of hydrogen-bond acceptors (Lipinski definition) is 7. The van der Waals surface area contributed by atoms with E-state index in [1.807, 2.05) is 0 Å². The van der Waals surface area contributed by atoms with Crippen LogP contribution in [0.3, 0.4) is 0 Å². The lowest BCUT2D eigenvalue weighted by molar-refractivity contribution is -0.138. The number of pyridine rings is 1. The van der Waals surface area contributed by atoms with Crippen molar-refractivity contribution in [1.82, 2.24) is 15.0 Å². The number of ether oxygens (including phenoxy) is 2. The van der Waals surface area contributed by atoms with E-state index < -0.39 is 40.7 Å². The SMILES string of the molecule is COc1cncc(Oc2ncnc(N3C(=O)CC(C)(C)C3=O)c2C(F)(F)F)c1. The fraction of sp³-hybridized carbons (Fsp3) is 0.353. The summed E-state index contributed by atoms with van der Waals surface area (Å²) < 4.78 is 51.6. The number of carbonyl (C=O) groups excluding carboxylic acids is 2. The van der Waals surface area contributed by atoms with E-state index in [9.17, 15) is 22.8 Å². The maximum atomic E-state index is 13.8. The fourth-order valence-corrected chi connectivity index (χ4v) is 2.70. The lowest BCUT2D eigenvalue weighted by Crippen LogP contribution is -2.35. The van der Waals surface area contributed by atoms with Crippen molar-refractivity contribution in [3.05, 3.63) is 30.4 Å². The Bertz CT molecular complexity index is 946. The maximum Gasteiger partial charge on any atom is 0.425 e. The van der Waals surface area contributed by atoms with Crippen LogP contribution >= 0.6 is 0 Å². The summed E-state index contributed by atoms with van der Waals surface area (Å²) in [5.41, 5.74) is -2.57. The van der Waals surface area contributed by atoms with E-state index in [4.69, 9.17) is 9.47 Å². The number of imide groups is 1. The number of anilines is 1. The molecule has 2 aromatic heterocycles. The maximum absolute atomic E-state index is 13.8. The molecular weight excluding hydrogens is 381 g/mol. The lowest BCUT2D eigenvalue weighted by Gasteiger charge is -2.21. The van der Waals surface area contributed by atoms with E-state index in [0.29, 0.717) is 4.90 Å². The average molecular weight is 396 g/mol. The minimum absolute atomic E-state index is 0.0751. The molecule has 28 heavy (non-hydrogen) atoms. The van der Waals surface area contributed by atoms with Gasteiger partial charge in [-0.05, 0) is 0 Å². The third kappa shape index (κ3) is 3.47. The lowest BCUT2D eigenvalue weighted by atomic mass is 9.92. The highest BCUT2D eigenvalue weighted by atomic mass is 19.4. The zero-order valence-corrected chi connectivity index (χ0v) is 15.1. The zero-order chi connectivity index (χ0) is 20.7. The second kappa shape index (κ2) is 6.73. The first-order valence-corrected chi connectivity index (χ1v) is 8.01. The van der Waals surface area contributed by atoms with E-state index >= 15 is 0 Å². The van der Waals surface area contributed by atoms with Gasteiger partial charge in [-0.1, -0.05) is 13.8 Å². The molecule has 0 spiro atoms. The molecule has 0 unspecified atom stereocenters. The second-order valence-corrected chi connectivity index (χ2v) is 6.63. The van der Waals surface area contributed by atoms with Crippen LogP contribution in [0.5, 0.6) is 17.4 Å². The van der Waals surface area contributed by atoms with Crippen LogP contribution < -0.4 is 14.4 Å². The molecule has 3 rings (SSSR count). The van der Waals surface area contributed by atoms with Crippen molar-refractivity contribution < 1.29 is 32.2 Å². The molecule has 148 valence electrons. The zero-order valence-electron chi connectivity index (χ0n) is 15.1. The predicted octanol–water partition coefficient (Wildman–Crippen LogP) is 2.98. The molecule has 0 aliphatic carbocycles. The quantitative estimate of drug-likeness (QED) is 0.734. The molecule has 1 aliphatic heterocycles. The minimum Gasteiger partial charge on any atom is -0.495 e. The molecule has 8 nitrogen and oxygen atoms in total. The third-order valence-electron chi connectivity index (χ3n) is 4.05. The highest BCUT2D eigenvalue weighted by Crippen LogP contribution is 2.45. The van der Waals surface area contributed by atoms with Crippen molar-refractivity contribution in [2.24, 2.45) is 5.41 Å². The number of nitrogens with zero attached hydrogens (tertiary/aromatic N) is 4. The molecule has 2 aromatic rings. The summed E-state index contributed by atoms with van der Waals surface area (Å²) >= 11 is 0. The average Bonchev–Trinajstić information content (AvgIpc) is 2.81. The molecule has 2 amide bonds. The summed E-state index contributed by atoms with van der Waals surface area (Å²) in [6, 6.07) is 1.31. The Morgan fingerprint density at radius 2 is 1.82 bits per heavy atom. The number of rotatable bonds is 4. The van der Waals surface area contributed by atoms with Crippen LogP contribution in [0.15, 0.2) is 24.8 Å². The van der Waals surface area contributed by atoms with Gasteiger partial charge in [0.15, 0.2) is 17.1 Å². The number of amides is 2. The molecular formula is C17H15F3N4O4. The molecule has 0 saturated carbocycles. The first kappa shape index (κ1) is 19.5. The molecule has 0 bridgehead atoms. The smallest absolute Gasteiger partial charge is 0.425 e. The van der Waals surface area contributed by atoms with Crippen molar-refractivity contribution in [1.29, 1.82) is 0 Å². The van der Waals surface area contributed by atoms with Crippen LogP contribution in [0.4, 0.5) is 19.0 Å². The summed E-state index contributed by atoms with van der Waals surface area (Å²) in [4.78, 5) is 36.1. The Kier molecular flexibility index (Phi) is 4.69. The number of halogens is 3. The monoisotopic (exact) mass is 396 g/mol. The summed E-state index contributed by atoms with van der Waals surface area (Å²) in [5, 5.41) is 0. The Balaban J connectivity index is 2.11. The van der Waals surface area contributed by atoms with Crippen molar-refractivity contribution >= 4 is 17.6 Å². The van der Waals surface area contributed by atoms with Crippen molar-refractivity contribution in [2.75, 3.05) is 12.0 Å². The Morgan fingerprint density at radius 3 is 2.39 bits per heavy atom. The highest BCUT2D eigenvalue weighted by Gasteiger charge is 2.50. The van der Waals surface area contributed by atoms with Gasteiger partial charge in [-0.2, -0.15) is 13.2 Å². The van der Waals surface area contributed by atoms with Crippen LogP contribution in [0, 0.1) is 5.41 Å². The summed E-state index contributed by atoms with van der Waals surface area (Å²) in [5.74, 6) is -3.11. The van der Waals surface area contributed by atoms with Gasteiger partial charge in [0, 0.05) is 12.5 Å². The Hall–Kier alpha value is -3.24. The van der Waals surface area contributed by atoms with Crippen LogP contribution in [-0.4, -0.2) is 33.9 Å². The first-order valence-electron chi connectivity index (χ1n) is 8.01. The molecule has 1 aliphatic rings. The van der Waals surface area contributed by atoms with Gasteiger partial charge in [-0.25, -0.2) is 14.9 Å². The van der Waals surface area contributed by atoms with E-state index in [-0.39, 0.29) is 17.9 Å². The largest absolute Gasteiger partial charge is 0.495 e. The van der Waals surface area contributed by atoms with E-state index in [1.165, 1.54) is 39.4 Å². The number of carbonyl (C=O) groups is 2. The highest BCUT2D eigenvalue weighted by molar-refractivity contribution is 6.22. The fourth-order valence-electron chi connectivity index (χ4n) is 2.70. The molecule has 0 N–H and O–H groups in total. The molecule has 1 saturated heterocycles. The van der Waals surface area contributed by atoms with E-state index in [1.54, 1.807) is 0 Å². The minimum atomic E-state index is -4.99. The Labute approximate surface area is 157 Å². The van der Waals surface area contributed by atoms with Crippen molar-refractivity contribution in [3.63, 3.8) is 0 Å². The van der Waals surface area contributed by atoms with Crippen LogP contribution in [0.25, 0.3) is 0 Å². The van der Waals surface area contributed by atoms with Gasteiger partial charge in [-0.3, -0.25) is 14.6 Å². The van der Waals surface area contributed by atoms with Gasteiger partial charge in [0.1, 0.15) is 12.1 Å². The molecule has 1 fully saturated rings. The van der Waals surface area contributed by atoms with Crippen LogP contribution in [0.2, 0.25) is 0 Å². The third-order valence-corrected chi connectivity index (χ3v) is 4.05. The summed E-state index contributed by atoms with van der Waals surface area (Å²) in [6.07, 6.45) is -1.93. The van der Waals surface area contributed by atoms with Gasteiger partial charge in [0.05, 0.1) is 24.9 Å². The molecule has 0 atom stereocenters. The normalized spacial score (nSPS) is 16.4. The van der Waals surface area contributed by atoms with Gasteiger partial charge in [0.25, 0.3) is 0 Å². The first-order chi connectivity index (χ1) is 13.0. The number of aromatic nitrogens is 3. The van der Waals surface area contributed by atoms with Gasteiger partial charge in [0.2, 0.25) is 17.7 Å². The predicted molar refractivity (Wildman–Crippen MR) is 88.8 cm³/mol. The van der Waals surface area contributed by atoms with E-state index in [0.717, 1.165) is 6.33 Å². The van der Waals surface area contributed by atoms with Gasteiger partial charge < -0.3 is 9.47 Å². The number of methoxy groups -OCH3 is 1. The van der Waals surface area contributed by atoms with Crippen molar-refractivity contribution in [2.45, 2.75) is 26.4 Å². The van der Waals surface area contributed by atoms with Gasteiger partial charge >= 0.3 is 6.18 Å². The molecule has 11 heteroatoms. The van der Waals surface area contributed by atoms with Crippen molar-refractivity contribution in [3.8, 4) is 17.4 Å². The topological polar surface area (TPSA) is 94.5 Å². The van der Waals surface area contributed by atoms with E-state index in [2.05, 4.69) is 15.0 Å². The number of hydrogen-bond donors (Lipinski definition) is 0. The van der Waals surface area contributed by atoms with Crippen LogP contribution in [0.1, 0.15) is 25.8 Å². The molecule has 3 heterocycles. The summed E-state index contributed by atoms with van der Waals surface area (Å²) in [6.45, 7) is 2.95. The second-order valence-electron chi connectivity index (χ2n) is 6.63. The number of alkyl halides is 3. The summed E-state index contributed by atoms with van der Waals surface area (Å²) in [7, 11) is 1.36. The Morgan fingerprint density at radius 1 is 1.14 bits per heavy atom.